The molecule has 0 N–H and O–H groups in total. The monoisotopic (exact) mass is 203 g/mol. The van der Waals surface area contributed by atoms with Crippen molar-refractivity contribution in [3.8, 4) is 0 Å². The Morgan fingerprint density at radius 1 is 1.27 bits per heavy atom. The standard InChI is InChI=1S/C8H9Cl2Si/c9-8(10,11)7-4-5-1-2-6(7)3-5/h1-2,5-7H,3-4H2. The Morgan fingerprint density at radius 3 is 2.27 bits per heavy atom. The third-order valence-electron chi connectivity index (χ3n) is 2.74. The summed E-state index contributed by atoms with van der Waals surface area (Å²) in [6, 6.07) is 0. The van der Waals surface area contributed by atoms with Crippen LogP contribution in [-0.4, -0.2) is 14.2 Å². The number of alkyl halides is 2. The molecule has 0 aromatic rings. The summed E-state index contributed by atoms with van der Waals surface area (Å²) < 4.78 is -0.718. The first kappa shape index (κ1) is 8.15. The van der Waals surface area contributed by atoms with Crippen LogP contribution < -0.4 is 0 Å². The molecule has 0 saturated heterocycles. The average Bonchev–Trinajstić information content (AvgIpc) is 2.42. The van der Waals surface area contributed by atoms with Gasteiger partial charge in [-0.25, -0.2) is 0 Å². The first-order valence-corrected chi connectivity index (χ1v) is 5.14. The summed E-state index contributed by atoms with van der Waals surface area (Å²) in [4.78, 5) is 0. The molecule has 59 valence electrons. The van der Waals surface area contributed by atoms with Crippen LogP contribution in [-0.2, 0) is 0 Å². The zero-order valence-corrected chi connectivity index (χ0v) is 8.57. The first-order chi connectivity index (χ1) is 5.07. The van der Waals surface area contributed by atoms with E-state index in [-0.39, 0.29) is 0 Å². The third kappa shape index (κ3) is 1.39. The second-order valence-corrected chi connectivity index (χ2v) is 6.32. The Labute approximate surface area is 80.4 Å². The van der Waals surface area contributed by atoms with E-state index >= 15 is 0 Å². The molecule has 3 atom stereocenters. The molecule has 3 heteroatoms. The van der Waals surface area contributed by atoms with Crippen LogP contribution in [0.1, 0.15) is 12.8 Å². The summed E-state index contributed by atoms with van der Waals surface area (Å²) >= 11 is 12.0. The lowest BCUT2D eigenvalue weighted by molar-refractivity contribution is 0.456. The molecule has 11 heavy (non-hydrogen) atoms. The zero-order valence-electron chi connectivity index (χ0n) is 6.06. The maximum absolute atomic E-state index is 5.98. The molecule has 2 aliphatic carbocycles. The Morgan fingerprint density at radius 2 is 2.00 bits per heavy atom. The van der Waals surface area contributed by atoms with Crippen molar-refractivity contribution in [2.45, 2.75) is 16.8 Å². The van der Waals surface area contributed by atoms with Gasteiger partial charge >= 0.3 is 0 Å². The maximum Gasteiger partial charge on any atom is 0.103 e. The van der Waals surface area contributed by atoms with Gasteiger partial charge in [-0.2, -0.15) is 0 Å². The fraction of sp³-hybridized carbons (Fsp3) is 0.750. The Bertz CT molecular complexity index is 195. The van der Waals surface area contributed by atoms with E-state index in [4.69, 9.17) is 23.2 Å². The predicted octanol–water partition coefficient (Wildman–Crippen LogP) is 2.50. The van der Waals surface area contributed by atoms with Crippen LogP contribution in [0, 0.1) is 17.8 Å². The lowest BCUT2D eigenvalue weighted by Gasteiger charge is -2.27. The summed E-state index contributed by atoms with van der Waals surface area (Å²) in [7, 11) is 3.36. The Hall–Kier alpha value is 0.537. The number of allylic oxidation sites excluding steroid dienone is 2. The van der Waals surface area contributed by atoms with E-state index in [0.29, 0.717) is 11.8 Å². The minimum atomic E-state index is -0.718. The number of halogens is 2. The molecule has 0 aromatic heterocycles. The van der Waals surface area contributed by atoms with Crippen molar-refractivity contribution in [2.24, 2.45) is 17.8 Å². The second-order valence-electron chi connectivity index (χ2n) is 3.51. The molecule has 2 rings (SSSR count). The van der Waals surface area contributed by atoms with Crippen molar-refractivity contribution in [1.29, 1.82) is 0 Å². The van der Waals surface area contributed by atoms with E-state index in [1.165, 1.54) is 6.42 Å². The minimum Gasteiger partial charge on any atom is -0.106 e. The van der Waals surface area contributed by atoms with Gasteiger partial charge in [-0.05, 0) is 30.6 Å². The maximum atomic E-state index is 5.98. The fourth-order valence-corrected chi connectivity index (χ4v) is 3.03. The van der Waals surface area contributed by atoms with E-state index in [0.717, 1.165) is 12.3 Å². The third-order valence-corrected chi connectivity index (χ3v) is 3.68. The van der Waals surface area contributed by atoms with Crippen LogP contribution in [0.25, 0.3) is 0 Å². The molecule has 3 unspecified atom stereocenters. The van der Waals surface area contributed by atoms with E-state index in [1.54, 1.807) is 0 Å². The number of hydrogen-bond donors (Lipinski definition) is 0. The van der Waals surface area contributed by atoms with Crippen molar-refractivity contribution in [2.75, 3.05) is 0 Å². The molecule has 0 nitrogen and oxygen atoms in total. The van der Waals surface area contributed by atoms with Gasteiger partial charge in [0.05, 0.1) is 10.2 Å². The van der Waals surface area contributed by atoms with Gasteiger partial charge < -0.3 is 0 Å². The van der Waals surface area contributed by atoms with E-state index in [9.17, 15) is 0 Å². The molecule has 0 spiro atoms. The molecule has 3 radical (unpaired) electrons. The quantitative estimate of drug-likeness (QED) is 0.349. The Kier molecular flexibility index (Phi) is 1.86. The highest BCUT2D eigenvalue weighted by molar-refractivity contribution is 6.65. The fourth-order valence-electron chi connectivity index (χ4n) is 2.20. The molecular formula is C8H9Cl2Si. The minimum absolute atomic E-state index is 0.400. The van der Waals surface area contributed by atoms with Crippen molar-refractivity contribution in [1.82, 2.24) is 0 Å². The number of fused-ring (bicyclic) bond motifs is 2. The molecule has 1 saturated carbocycles. The van der Waals surface area contributed by atoms with Crippen LogP contribution in [0.3, 0.4) is 0 Å². The highest BCUT2D eigenvalue weighted by Gasteiger charge is 2.44. The molecule has 2 aliphatic rings. The summed E-state index contributed by atoms with van der Waals surface area (Å²) in [5, 5.41) is 0. The van der Waals surface area contributed by atoms with E-state index in [2.05, 4.69) is 22.4 Å². The van der Waals surface area contributed by atoms with Crippen LogP contribution in [0.4, 0.5) is 0 Å². The highest BCUT2D eigenvalue weighted by Crippen LogP contribution is 2.50. The molecule has 0 amide bonds. The van der Waals surface area contributed by atoms with Gasteiger partial charge in [0.2, 0.25) is 0 Å². The van der Waals surface area contributed by atoms with Gasteiger partial charge in [0.15, 0.2) is 0 Å². The SMILES string of the molecule is [Si]C(Cl)(Cl)C1CC2C=CC1C2. The summed E-state index contributed by atoms with van der Waals surface area (Å²) in [6.07, 6.45) is 6.92. The highest BCUT2D eigenvalue weighted by atomic mass is 35.5. The smallest absolute Gasteiger partial charge is 0.103 e. The number of rotatable bonds is 1. The van der Waals surface area contributed by atoms with Gasteiger partial charge in [0.1, 0.15) is 3.96 Å². The molecule has 1 fully saturated rings. The van der Waals surface area contributed by atoms with Crippen LogP contribution in [0.2, 0.25) is 0 Å². The molecular weight excluding hydrogens is 195 g/mol. The van der Waals surface area contributed by atoms with Crippen molar-refractivity contribution in [3.63, 3.8) is 0 Å². The Balaban J connectivity index is 2.15. The van der Waals surface area contributed by atoms with E-state index in [1.807, 2.05) is 0 Å². The largest absolute Gasteiger partial charge is 0.106 e. The van der Waals surface area contributed by atoms with Crippen LogP contribution in [0.5, 0.6) is 0 Å². The topological polar surface area (TPSA) is 0 Å². The lowest BCUT2D eigenvalue weighted by atomic mass is 9.95. The second kappa shape index (κ2) is 2.51. The number of hydrogen-bond acceptors (Lipinski definition) is 0. The van der Waals surface area contributed by atoms with Crippen LogP contribution >= 0.6 is 23.2 Å². The van der Waals surface area contributed by atoms with Crippen molar-refractivity contribution in [3.05, 3.63) is 12.2 Å². The summed E-state index contributed by atoms with van der Waals surface area (Å²) in [6.45, 7) is 0. The van der Waals surface area contributed by atoms with Gasteiger partial charge in [0.25, 0.3) is 0 Å². The van der Waals surface area contributed by atoms with E-state index < -0.39 is 3.96 Å². The van der Waals surface area contributed by atoms with Gasteiger partial charge in [0, 0.05) is 0 Å². The van der Waals surface area contributed by atoms with Gasteiger partial charge in [-0.1, -0.05) is 12.2 Å². The lowest BCUT2D eigenvalue weighted by Crippen LogP contribution is -2.29. The van der Waals surface area contributed by atoms with Gasteiger partial charge in [-0.3, -0.25) is 0 Å². The average molecular weight is 204 g/mol. The van der Waals surface area contributed by atoms with Crippen molar-refractivity contribution >= 4 is 33.4 Å². The predicted molar refractivity (Wildman–Crippen MR) is 49.0 cm³/mol. The first-order valence-electron chi connectivity index (χ1n) is 3.88. The van der Waals surface area contributed by atoms with Crippen LogP contribution in [0.15, 0.2) is 12.2 Å². The van der Waals surface area contributed by atoms with Crippen molar-refractivity contribution < 1.29 is 0 Å². The summed E-state index contributed by atoms with van der Waals surface area (Å²) in [5.74, 6) is 1.74. The zero-order chi connectivity index (χ0) is 8.06. The molecule has 0 heterocycles. The normalized spacial score (nSPS) is 41.9. The van der Waals surface area contributed by atoms with Gasteiger partial charge in [-0.15, -0.1) is 23.2 Å². The molecule has 0 aliphatic heterocycles. The summed E-state index contributed by atoms with van der Waals surface area (Å²) in [5.41, 5.74) is 0. The molecule has 0 aromatic carbocycles. The molecule has 2 bridgehead atoms.